The fourth-order valence-electron chi connectivity index (χ4n) is 1.85. The Hall–Kier alpha value is -1.08. The standard InChI is InChI=1S/C15H9ClF3IO/c16-11-4-5-13(20)12(8-11)14(21)7-9-2-1-3-10(6-9)15(17,18)19/h1-6,8H,7H2. The molecule has 0 aliphatic rings. The van der Waals surface area contributed by atoms with Crippen LogP contribution in [0.3, 0.4) is 0 Å². The second kappa shape index (κ2) is 6.36. The number of carbonyl (C=O) groups is 1. The lowest BCUT2D eigenvalue weighted by molar-refractivity contribution is -0.137. The summed E-state index contributed by atoms with van der Waals surface area (Å²) < 4.78 is 38.6. The van der Waals surface area contributed by atoms with Gasteiger partial charge in [0, 0.05) is 20.6 Å². The van der Waals surface area contributed by atoms with Gasteiger partial charge in [0.15, 0.2) is 5.78 Å². The van der Waals surface area contributed by atoms with Crippen molar-refractivity contribution in [3.05, 3.63) is 67.7 Å². The monoisotopic (exact) mass is 424 g/mol. The molecule has 0 saturated heterocycles. The molecule has 0 atom stereocenters. The van der Waals surface area contributed by atoms with E-state index >= 15 is 0 Å². The fraction of sp³-hybridized carbons (Fsp3) is 0.133. The lowest BCUT2D eigenvalue weighted by atomic mass is 10.0. The Morgan fingerprint density at radius 1 is 1.14 bits per heavy atom. The number of ketones is 1. The van der Waals surface area contributed by atoms with E-state index in [4.69, 9.17) is 11.6 Å². The Kier molecular flexibility index (Phi) is 4.93. The molecule has 0 aliphatic carbocycles. The number of carbonyl (C=O) groups excluding carboxylic acids is 1. The second-order valence-electron chi connectivity index (χ2n) is 4.42. The summed E-state index contributed by atoms with van der Waals surface area (Å²) in [5, 5.41) is 0.419. The number of alkyl halides is 3. The molecule has 6 heteroatoms. The fourth-order valence-corrected chi connectivity index (χ4v) is 2.66. The van der Waals surface area contributed by atoms with Gasteiger partial charge >= 0.3 is 6.18 Å². The van der Waals surface area contributed by atoms with E-state index in [-0.39, 0.29) is 12.2 Å². The zero-order valence-electron chi connectivity index (χ0n) is 10.5. The molecule has 2 rings (SSSR count). The van der Waals surface area contributed by atoms with Gasteiger partial charge in [-0.05, 0) is 52.4 Å². The minimum atomic E-state index is -4.41. The lowest BCUT2D eigenvalue weighted by Crippen LogP contribution is -2.09. The van der Waals surface area contributed by atoms with Crippen molar-refractivity contribution in [3.8, 4) is 0 Å². The van der Waals surface area contributed by atoms with E-state index < -0.39 is 11.7 Å². The van der Waals surface area contributed by atoms with Crippen molar-refractivity contribution in [2.45, 2.75) is 12.6 Å². The molecule has 0 spiro atoms. The molecule has 110 valence electrons. The number of hydrogen-bond acceptors (Lipinski definition) is 1. The van der Waals surface area contributed by atoms with Crippen LogP contribution >= 0.6 is 34.2 Å². The summed E-state index contributed by atoms with van der Waals surface area (Å²) in [6, 6.07) is 9.66. The molecule has 2 aromatic carbocycles. The Labute approximate surface area is 138 Å². The topological polar surface area (TPSA) is 17.1 Å². The maximum atomic E-state index is 12.6. The Balaban J connectivity index is 2.26. The molecule has 0 aliphatic heterocycles. The molecule has 0 fully saturated rings. The van der Waals surface area contributed by atoms with E-state index in [1.807, 2.05) is 22.6 Å². The molecule has 21 heavy (non-hydrogen) atoms. The summed E-state index contributed by atoms with van der Waals surface area (Å²) in [4.78, 5) is 12.2. The first-order chi connectivity index (χ1) is 9.77. The van der Waals surface area contributed by atoms with Crippen LogP contribution < -0.4 is 0 Å². The molecule has 0 unspecified atom stereocenters. The maximum Gasteiger partial charge on any atom is 0.416 e. The predicted molar refractivity (Wildman–Crippen MR) is 83.6 cm³/mol. The van der Waals surface area contributed by atoms with Crippen molar-refractivity contribution in [2.75, 3.05) is 0 Å². The summed E-state index contributed by atoms with van der Waals surface area (Å²) in [7, 11) is 0. The Morgan fingerprint density at radius 2 is 1.86 bits per heavy atom. The minimum Gasteiger partial charge on any atom is -0.294 e. The van der Waals surface area contributed by atoms with Gasteiger partial charge < -0.3 is 0 Å². The van der Waals surface area contributed by atoms with Gasteiger partial charge in [0.1, 0.15) is 0 Å². The number of rotatable bonds is 3. The SMILES string of the molecule is O=C(Cc1cccc(C(F)(F)F)c1)c1cc(Cl)ccc1I. The van der Waals surface area contributed by atoms with Crippen LogP contribution in [0.2, 0.25) is 5.02 Å². The summed E-state index contributed by atoms with van der Waals surface area (Å²) in [5.74, 6) is -0.263. The van der Waals surface area contributed by atoms with E-state index in [0.29, 0.717) is 19.7 Å². The van der Waals surface area contributed by atoms with Gasteiger partial charge in [-0.3, -0.25) is 4.79 Å². The summed E-state index contributed by atoms with van der Waals surface area (Å²) in [6.07, 6.45) is -4.51. The van der Waals surface area contributed by atoms with E-state index in [0.717, 1.165) is 12.1 Å². The molecule has 0 bridgehead atoms. The van der Waals surface area contributed by atoms with Crippen molar-refractivity contribution in [1.29, 1.82) is 0 Å². The highest BCUT2D eigenvalue weighted by molar-refractivity contribution is 14.1. The first kappa shape index (κ1) is 16.3. The third kappa shape index (κ3) is 4.20. The molecule has 0 aromatic heterocycles. The number of halogens is 5. The van der Waals surface area contributed by atoms with Crippen molar-refractivity contribution >= 4 is 40.0 Å². The van der Waals surface area contributed by atoms with Crippen LogP contribution in [-0.2, 0) is 12.6 Å². The Morgan fingerprint density at radius 3 is 2.52 bits per heavy atom. The van der Waals surface area contributed by atoms with Crippen molar-refractivity contribution < 1.29 is 18.0 Å². The predicted octanol–water partition coefficient (Wildman–Crippen LogP) is 5.39. The van der Waals surface area contributed by atoms with Crippen LogP contribution in [0.5, 0.6) is 0 Å². The van der Waals surface area contributed by atoms with Crippen LogP contribution in [-0.4, -0.2) is 5.78 Å². The van der Waals surface area contributed by atoms with Gasteiger partial charge in [-0.25, -0.2) is 0 Å². The first-order valence-corrected chi connectivity index (χ1v) is 7.37. The molecule has 0 N–H and O–H groups in total. The summed E-state index contributed by atoms with van der Waals surface area (Å²) in [6.45, 7) is 0. The van der Waals surface area contributed by atoms with E-state index in [1.165, 1.54) is 18.2 Å². The quantitative estimate of drug-likeness (QED) is 0.477. The third-order valence-corrected chi connectivity index (χ3v) is 4.02. The van der Waals surface area contributed by atoms with Gasteiger partial charge in [0.25, 0.3) is 0 Å². The molecule has 0 heterocycles. The van der Waals surface area contributed by atoms with Crippen LogP contribution in [0.15, 0.2) is 42.5 Å². The molecule has 1 nitrogen and oxygen atoms in total. The normalized spacial score (nSPS) is 11.5. The van der Waals surface area contributed by atoms with Crippen LogP contribution in [0, 0.1) is 3.57 Å². The molecular weight excluding hydrogens is 416 g/mol. The molecule has 2 aromatic rings. The molecule has 0 saturated carbocycles. The maximum absolute atomic E-state index is 12.6. The third-order valence-electron chi connectivity index (χ3n) is 2.85. The van der Waals surface area contributed by atoms with E-state index in [9.17, 15) is 18.0 Å². The van der Waals surface area contributed by atoms with Gasteiger partial charge in [0.05, 0.1) is 5.56 Å². The number of hydrogen-bond donors (Lipinski definition) is 0. The highest BCUT2D eigenvalue weighted by Crippen LogP contribution is 2.30. The molecule has 0 amide bonds. The van der Waals surface area contributed by atoms with Gasteiger partial charge in [-0.1, -0.05) is 29.8 Å². The van der Waals surface area contributed by atoms with Gasteiger partial charge in [-0.2, -0.15) is 13.2 Å². The van der Waals surface area contributed by atoms with Crippen molar-refractivity contribution in [3.63, 3.8) is 0 Å². The van der Waals surface area contributed by atoms with E-state index in [2.05, 4.69) is 0 Å². The van der Waals surface area contributed by atoms with Crippen LogP contribution in [0.4, 0.5) is 13.2 Å². The average Bonchev–Trinajstić information content (AvgIpc) is 2.41. The first-order valence-electron chi connectivity index (χ1n) is 5.92. The highest BCUT2D eigenvalue weighted by atomic mass is 127. The second-order valence-corrected chi connectivity index (χ2v) is 6.02. The molecular formula is C15H9ClF3IO. The van der Waals surface area contributed by atoms with Crippen molar-refractivity contribution in [1.82, 2.24) is 0 Å². The minimum absolute atomic E-state index is 0.0970. The molecule has 0 radical (unpaired) electrons. The number of benzene rings is 2. The summed E-state index contributed by atoms with van der Waals surface area (Å²) in [5.41, 5.74) is -0.0142. The smallest absolute Gasteiger partial charge is 0.294 e. The Bertz CT molecular complexity index is 683. The van der Waals surface area contributed by atoms with Crippen LogP contribution in [0.25, 0.3) is 0 Å². The average molecular weight is 425 g/mol. The number of Topliss-reactive ketones (excluding diaryl/α,β-unsaturated/α-hetero) is 1. The largest absolute Gasteiger partial charge is 0.416 e. The summed E-state index contributed by atoms with van der Waals surface area (Å²) >= 11 is 7.84. The van der Waals surface area contributed by atoms with Crippen molar-refractivity contribution in [2.24, 2.45) is 0 Å². The van der Waals surface area contributed by atoms with Gasteiger partial charge in [-0.15, -0.1) is 0 Å². The zero-order chi connectivity index (χ0) is 15.6. The highest BCUT2D eigenvalue weighted by Gasteiger charge is 2.30. The van der Waals surface area contributed by atoms with Crippen LogP contribution in [0.1, 0.15) is 21.5 Å². The van der Waals surface area contributed by atoms with E-state index in [1.54, 1.807) is 12.1 Å². The van der Waals surface area contributed by atoms with Gasteiger partial charge in [0.2, 0.25) is 0 Å². The lowest BCUT2D eigenvalue weighted by Gasteiger charge is -2.09. The zero-order valence-corrected chi connectivity index (χ0v) is 13.5.